The van der Waals surface area contributed by atoms with Gasteiger partial charge >= 0.3 is 6.03 Å². The minimum Gasteiger partial charge on any atom is -0.341 e. The Hall–Kier alpha value is -1.69. The van der Waals surface area contributed by atoms with E-state index in [1.807, 2.05) is 40.9 Å². The molecule has 1 heterocycles. The molecule has 0 bridgehead atoms. The molecule has 2 aliphatic rings. The van der Waals surface area contributed by atoms with Crippen LogP contribution in [0.25, 0.3) is 0 Å². The van der Waals surface area contributed by atoms with Crippen molar-refractivity contribution in [3.63, 3.8) is 0 Å². The molecule has 3 rings (SSSR count). The van der Waals surface area contributed by atoms with Gasteiger partial charge < -0.3 is 15.5 Å². The highest BCUT2D eigenvalue weighted by Gasteiger charge is 2.18. The largest absolute Gasteiger partial charge is 0.341 e. The van der Waals surface area contributed by atoms with E-state index in [4.69, 9.17) is 0 Å². The number of amides is 3. The summed E-state index contributed by atoms with van der Waals surface area (Å²) in [6, 6.07) is 7.73. The van der Waals surface area contributed by atoms with Crippen LogP contribution in [0.2, 0.25) is 0 Å². The number of nitrogens with zero attached hydrogens (tertiary/aromatic N) is 1. The highest BCUT2D eigenvalue weighted by atomic mass is 32.2. The van der Waals surface area contributed by atoms with Gasteiger partial charge in [-0.25, -0.2) is 4.79 Å². The number of hydrogen-bond acceptors (Lipinski definition) is 3. The number of thioether (sulfide) groups is 1. The summed E-state index contributed by atoms with van der Waals surface area (Å²) in [6.45, 7) is 1.70. The fraction of sp³-hybridized carbons (Fsp3) is 0.556. The van der Waals surface area contributed by atoms with Crippen LogP contribution in [0.4, 0.5) is 10.5 Å². The summed E-state index contributed by atoms with van der Waals surface area (Å²) in [7, 11) is 0. The molecule has 0 radical (unpaired) electrons. The van der Waals surface area contributed by atoms with Crippen LogP contribution in [-0.2, 0) is 11.2 Å². The Kier molecular flexibility index (Phi) is 6.01. The first-order valence-corrected chi connectivity index (χ1v) is 9.88. The van der Waals surface area contributed by atoms with E-state index < -0.39 is 0 Å². The lowest BCUT2D eigenvalue weighted by Crippen LogP contribution is -2.38. The lowest BCUT2D eigenvalue weighted by atomic mass is 10.1. The van der Waals surface area contributed by atoms with Crippen molar-refractivity contribution in [3.8, 4) is 0 Å². The van der Waals surface area contributed by atoms with Gasteiger partial charge in [-0.15, -0.1) is 0 Å². The number of urea groups is 1. The smallest absolute Gasteiger partial charge is 0.319 e. The van der Waals surface area contributed by atoms with Crippen molar-refractivity contribution in [2.75, 3.05) is 29.9 Å². The van der Waals surface area contributed by atoms with Crippen LogP contribution >= 0.6 is 11.8 Å². The van der Waals surface area contributed by atoms with E-state index in [0.717, 1.165) is 48.7 Å². The first-order valence-electron chi connectivity index (χ1n) is 8.73. The zero-order valence-corrected chi connectivity index (χ0v) is 14.7. The van der Waals surface area contributed by atoms with Crippen LogP contribution in [0, 0.1) is 0 Å². The predicted molar refractivity (Wildman–Crippen MR) is 98.5 cm³/mol. The van der Waals surface area contributed by atoms with E-state index in [2.05, 4.69) is 10.6 Å². The Balaban J connectivity index is 1.47. The van der Waals surface area contributed by atoms with Gasteiger partial charge in [0.1, 0.15) is 0 Å². The Morgan fingerprint density at radius 1 is 1.08 bits per heavy atom. The molecule has 0 unspecified atom stereocenters. The number of hydrogen-bond donors (Lipinski definition) is 2. The van der Waals surface area contributed by atoms with E-state index in [1.165, 1.54) is 12.8 Å². The third-order valence-corrected chi connectivity index (χ3v) is 5.56. The molecule has 1 aromatic rings. The number of nitrogens with one attached hydrogen (secondary N) is 2. The van der Waals surface area contributed by atoms with E-state index in [-0.39, 0.29) is 11.9 Å². The van der Waals surface area contributed by atoms with E-state index >= 15 is 0 Å². The van der Waals surface area contributed by atoms with Crippen molar-refractivity contribution in [3.05, 3.63) is 29.8 Å². The molecule has 1 saturated heterocycles. The third-order valence-electron chi connectivity index (χ3n) is 4.62. The van der Waals surface area contributed by atoms with Gasteiger partial charge in [-0.05, 0) is 30.5 Å². The topological polar surface area (TPSA) is 61.4 Å². The average molecular weight is 347 g/mol. The SMILES string of the molecule is O=C(Nc1ccc(CC(=O)N2CCSCC2)cc1)NC1CCCC1. The summed E-state index contributed by atoms with van der Waals surface area (Å²) in [4.78, 5) is 26.2. The van der Waals surface area contributed by atoms with Gasteiger partial charge in [-0.2, -0.15) is 11.8 Å². The van der Waals surface area contributed by atoms with E-state index in [9.17, 15) is 9.59 Å². The Morgan fingerprint density at radius 2 is 1.75 bits per heavy atom. The van der Waals surface area contributed by atoms with Crippen LogP contribution in [-0.4, -0.2) is 47.5 Å². The predicted octanol–water partition coefficient (Wildman–Crippen LogP) is 2.87. The standard InChI is InChI=1S/C18H25N3O2S/c22-17(21-9-11-24-12-10-21)13-14-5-7-16(8-6-14)20-18(23)19-15-3-1-2-4-15/h5-8,15H,1-4,9-13H2,(H2,19,20,23). The zero-order valence-electron chi connectivity index (χ0n) is 13.9. The van der Waals surface area contributed by atoms with Crippen LogP contribution in [0.15, 0.2) is 24.3 Å². The fourth-order valence-corrected chi connectivity index (χ4v) is 4.13. The zero-order chi connectivity index (χ0) is 16.8. The number of rotatable bonds is 4. The molecule has 130 valence electrons. The molecule has 2 fully saturated rings. The summed E-state index contributed by atoms with van der Waals surface area (Å²) in [5.74, 6) is 2.25. The van der Waals surface area contributed by atoms with Crippen molar-refractivity contribution < 1.29 is 9.59 Å². The van der Waals surface area contributed by atoms with Crippen LogP contribution in [0.5, 0.6) is 0 Å². The van der Waals surface area contributed by atoms with Gasteiger partial charge in [0.2, 0.25) is 5.91 Å². The minimum atomic E-state index is -0.142. The molecule has 0 atom stereocenters. The molecule has 3 amide bonds. The summed E-state index contributed by atoms with van der Waals surface area (Å²) in [5.41, 5.74) is 1.75. The molecule has 1 aliphatic carbocycles. The summed E-state index contributed by atoms with van der Waals surface area (Å²) in [5, 5.41) is 5.87. The van der Waals surface area contributed by atoms with Gasteiger partial charge in [0.25, 0.3) is 0 Å². The molecule has 0 spiro atoms. The first-order chi connectivity index (χ1) is 11.7. The third kappa shape index (κ3) is 4.90. The molecule has 1 saturated carbocycles. The van der Waals surface area contributed by atoms with Crippen molar-refractivity contribution in [2.45, 2.75) is 38.1 Å². The van der Waals surface area contributed by atoms with E-state index in [1.54, 1.807) is 0 Å². The number of benzene rings is 1. The Bertz CT molecular complexity index is 564. The second kappa shape index (κ2) is 8.42. The lowest BCUT2D eigenvalue weighted by molar-refractivity contribution is -0.130. The van der Waals surface area contributed by atoms with Crippen LogP contribution in [0.3, 0.4) is 0 Å². The molecule has 6 heteroatoms. The molecule has 1 aromatic carbocycles. The summed E-state index contributed by atoms with van der Waals surface area (Å²) >= 11 is 1.90. The van der Waals surface area contributed by atoms with Crippen LogP contribution < -0.4 is 10.6 Å². The number of carbonyl (C=O) groups excluding carboxylic acids is 2. The van der Waals surface area contributed by atoms with Crippen molar-refractivity contribution in [1.29, 1.82) is 0 Å². The second-order valence-corrected chi connectivity index (χ2v) is 7.67. The normalized spacial score (nSPS) is 18.4. The first kappa shape index (κ1) is 17.1. The molecule has 5 nitrogen and oxygen atoms in total. The maximum absolute atomic E-state index is 12.3. The highest BCUT2D eigenvalue weighted by Crippen LogP contribution is 2.18. The Morgan fingerprint density at radius 3 is 2.42 bits per heavy atom. The maximum atomic E-state index is 12.3. The van der Waals surface area contributed by atoms with Crippen molar-refractivity contribution >= 4 is 29.4 Å². The number of anilines is 1. The van der Waals surface area contributed by atoms with Gasteiger partial charge in [-0.3, -0.25) is 4.79 Å². The second-order valence-electron chi connectivity index (χ2n) is 6.45. The number of carbonyl (C=O) groups is 2. The molecule has 24 heavy (non-hydrogen) atoms. The monoisotopic (exact) mass is 347 g/mol. The van der Waals surface area contributed by atoms with Gasteiger partial charge in [0.05, 0.1) is 6.42 Å². The summed E-state index contributed by atoms with van der Waals surface area (Å²) < 4.78 is 0. The summed E-state index contributed by atoms with van der Waals surface area (Å²) in [6.07, 6.45) is 4.97. The van der Waals surface area contributed by atoms with Crippen molar-refractivity contribution in [1.82, 2.24) is 10.2 Å². The quantitative estimate of drug-likeness (QED) is 0.880. The molecular formula is C18H25N3O2S. The molecule has 2 N–H and O–H groups in total. The van der Waals surface area contributed by atoms with Gasteiger partial charge in [-0.1, -0.05) is 25.0 Å². The molecular weight excluding hydrogens is 322 g/mol. The van der Waals surface area contributed by atoms with E-state index in [0.29, 0.717) is 12.5 Å². The highest BCUT2D eigenvalue weighted by molar-refractivity contribution is 7.99. The van der Waals surface area contributed by atoms with Gasteiger partial charge in [0.15, 0.2) is 0 Å². The molecule has 0 aromatic heterocycles. The van der Waals surface area contributed by atoms with Crippen LogP contribution in [0.1, 0.15) is 31.2 Å². The fourth-order valence-electron chi connectivity index (χ4n) is 3.23. The Labute approximate surface area is 147 Å². The maximum Gasteiger partial charge on any atom is 0.319 e. The minimum absolute atomic E-state index is 0.142. The lowest BCUT2D eigenvalue weighted by Gasteiger charge is -2.26. The van der Waals surface area contributed by atoms with Gasteiger partial charge in [0, 0.05) is 36.3 Å². The average Bonchev–Trinajstić information content (AvgIpc) is 3.10. The van der Waals surface area contributed by atoms with Crippen molar-refractivity contribution in [2.24, 2.45) is 0 Å². The molecule has 1 aliphatic heterocycles.